The molecule has 2 nitrogen and oxygen atoms in total. The molecule has 0 unspecified atom stereocenters. The molecule has 0 saturated carbocycles. The van der Waals surface area contributed by atoms with Crippen molar-refractivity contribution in [2.24, 2.45) is 0 Å². The van der Waals surface area contributed by atoms with E-state index in [-0.39, 0.29) is 0 Å². The summed E-state index contributed by atoms with van der Waals surface area (Å²) in [6.07, 6.45) is 1.67. The molecule has 76 valence electrons. The molecule has 0 amide bonds. The topological polar surface area (TPSA) is 25.8 Å². The highest BCUT2D eigenvalue weighted by atomic mass is 79.9. The second kappa shape index (κ2) is 4.47. The summed E-state index contributed by atoms with van der Waals surface area (Å²) < 4.78 is 0.726. The zero-order valence-corrected chi connectivity index (χ0v) is 10.5. The Morgan fingerprint density at radius 2 is 1.73 bits per heavy atom. The van der Waals surface area contributed by atoms with Crippen LogP contribution >= 0.6 is 39.1 Å². The van der Waals surface area contributed by atoms with Gasteiger partial charge in [-0.1, -0.05) is 23.2 Å². The van der Waals surface area contributed by atoms with Crippen molar-refractivity contribution in [1.82, 2.24) is 9.97 Å². The fourth-order valence-electron chi connectivity index (χ4n) is 1.16. The Hall–Kier alpha value is -0.640. The third-order valence-electron chi connectivity index (χ3n) is 1.74. The molecular weight excluding hydrogens is 299 g/mol. The Morgan fingerprint density at radius 1 is 1.07 bits per heavy atom. The van der Waals surface area contributed by atoms with Gasteiger partial charge in [-0.25, -0.2) is 9.97 Å². The van der Waals surface area contributed by atoms with Gasteiger partial charge in [-0.05, 0) is 40.2 Å². The minimum atomic E-state index is 0.570. The Kier molecular flexibility index (Phi) is 3.24. The summed E-state index contributed by atoms with van der Waals surface area (Å²) in [6, 6.07) is 6.98. The van der Waals surface area contributed by atoms with Crippen molar-refractivity contribution in [1.29, 1.82) is 0 Å². The Morgan fingerprint density at radius 3 is 2.33 bits per heavy atom. The first-order valence-corrected chi connectivity index (χ1v) is 5.65. The lowest BCUT2D eigenvalue weighted by Gasteiger charge is -2.01. The summed E-state index contributed by atoms with van der Waals surface area (Å²) in [7, 11) is 0. The van der Waals surface area contributed by atoms with Gasteiger partial charge in [-0.3, -0.25) is 0 Å². The van der Waals surface area contributed by atoms with E-state index in [1.54, 1.807) is 30.5 Å². The minimum absolute atomic E-state index is 0.570. The average molecular weight is 304 g/mol. The summed E-state index contributed by atoms with van der Waals surface area (Å²) in [5, 5.41) is 1.14. The third-order valence-corrected chi connectivity index (χ3v) is 2.62. The molecule has 0 radical (unpaired) electrons. The number of rotatable bonds is 1. The van der Waals surface area contributed by atoms with Crippen LogP contribution in [0.4, 0.5) is 0 Å². The number of aromatic nitrogens is 2. The maximum Gasteiger partial charge on any atom is 0.160 e. The van der Waals surface area contributed by atoms with Crippen molar-refractivity contribution < 1.29 is 0 Å². The molecule has 0 aliphatic heterocycles. The summed E-state index contributed by atoms with van der Waals surface area (Å²) in [5.41, 5.74) is 0.800. The van der Waals surface area contributed by atoms with Crippen LogP contribution in [0.5, 0.6) is 0 Å². The molecule has 1 aromatic carbocycles. The van der Waals surface area contributed by atoms with Gasteiger partial charge in [0.15, 0.2) is 5.82 Å². The van der Waals surface area contributed by atoms with Gasteiger partial charge in [-0.2, -0.15) is 0 Å². The minimum Gasteiger partial charge on any atom is -0.237 e. The normalized spacial score (nSPS) is 10.3. The summed E-state index contributed by atoms with van der Waals surface area (Å²) in [5.74, 6) is 0.591. The summed E-state index contributed by atoms with van der Waals surface area (Å²) in [4.78, 5) is 8.35. The van der Waals surface area contributed by atoms with Crippen molar-refractivity contribution >= 4 is 39.1 Å². The first-order valence-electron chi connectivity index (χ1n) is 4.10. The maximum atomic E-state index is 5.89. The van der Waals surface area contributed by atoms with E-state index >= 15 is 0 Å². The van der Waals surface area contributed by atoms with E-state index in [2.05, 4.69) is 25.9 Å². The maximum absolute atomic E-state index is 5.89. The van der Waals surface area contributed by atoms with Gasteiger partial charge in [0.1, 0.15) is 4.60 Å². The predicted octanol–water partition coefficient (Wildman–Crippen LogP) is 4.21. The second-order valence-electron chi connectivity index (χ2n) is 2.86. The molecule has 0 N–H and O–H groups in total. The molecule has 2 aromatic rings. The summed E-state index contributed by atoms with van der Waals surface area (Å²) >= 11 is 15.1. The van der Waals surface area contributed by atoms with Gasteiger partial charge < -0.3 is 0 Å². The smallest absolute Gasteiger partial charge is 0.160 e. The number of hydrogen-bond acceptors (Lipinski definition) is 2. The van der Waals surface area contributed by atoms with E-state index in [0.717, 1.165) is 10.2 Å². The van der Waals surface area contributed by atoms with Gasteiger partial charge in [0.25, 0.3) is 0 Å². The molecule has 0 saturated heterocycles. The van der Waals surface area contributed by atoms with Crippen LogP contribution in [0.15, 0.2) is 35.1 Å². The van der Waals surface area contributed by atoms with Crippen molar-refractivity contribution in [2.45, 2.75) is 0 Å². The Balaban J connectivity index is 2.54. The Labute approximate surface area is 105 Å². The van der Waals surface area contributed by atoms with Crippen LogP contribution in [0.1, 0.15) is 0 Å². The molecule has 1 aromatic heterocycles. The first-order chi connectivity index (χ1) is 7.15. The molecular formula is C10H5BrCl2N2. The van der Waals surface area contributed by atoms with Crippen molar-refractivity contribution in [3.63, 3.8) is 0 Å². The van der Waals surface area contributed by atoms with E-state index in [4.69, 9.17) is 23.2 Å². The lowest BCUT2D eigenvalue weighted by atomic mass is 10.2. The molecule has 1 heterocycles. The number of hydrogen-bond donors (Lipinski definition) is 0. The third kappa shape index (κ3) is 2.68. The van der Waals surface area contributed by atoms with Gasteiger partial charge in [-0.15, -0.1) is 0 Å². The summed E-state index contributed by atoms with van der Waals surface area (Å²) in [6.45, 7) is 0. The van der Waals surface area contributed by atoms with Crippen LogP contribution in [0, 0.1) is 0 Å². The highest BCUT2D eigenvalue weighted by molar-refractivity contribution is 9.10. The van der Waals surface area contributed by atoms with E-state index in [1.165, 1.54) is 0 Å². The zero-order valence-electron chi connectivity index (χ0n) is 7.42. The standard InChI is InChI=1S/C10H5BrCl2N2/c11-9-1-2-14-10(15-9)6-3-7(12)5-8(13)4-6/h1-5H. The van der Waals surface area contributed by atoms with Crippen LogP contribution in [0.2, 0.25) is 10.0 Å². The molecule has 0 bridgehead atoms. The van der Waals surface area contributed by atoms with Crippen LogP contribution in [0.25, 0.3) is 11.4 Å². The molecule has 5 heteroatoms. The fraction of sp³-hybridized carbons (Fsp3) is 0. The number of halogens is 3. The van der Waals surface area contributed by atoms with Crippen molar-refractivity contribution in [3.05, 3.63) is 45.1 Å². The van der Waals surface area contributed by atoms with E-state index in [1.807, 2.05) is 0 Å². The fourth-order valence-corrected chi connectivity index (χ4v) is 1.97. The van der Waals surface area contributed by atoms with Crippen molar-refractivity contribution in [2.75, 3.05) is 0 Å². The molecule has 0 spiro atoms. The van der Waals surface area contributed by atoms with Gasteiger partial charge in [0, 0.05) is 21.8 Å². The van der Waals surface area contributed by atoms with E-state index in [0.29, 0.717) is 15.9 Å². The zero-order chi connectivity index (χ0) is 10.8. The van der Waals surface area contributed by atoms with Gasteiger partial charge in [0.2, 0.25) is 0 Å². The molecule has 0 fully saturated rings. The molecule has 0 aliphatic rings. The van der Waals surface area contributed by atoms with Crippen LogP contribution in [-0.4, -0.2) is 9.97 Å². The lowest BCUT2D eigenvalue weighted by Crippen LogP contribution is -1.88. The molecule has 0 aliphatic carbocycles. The molecule has 2 rings (SSSR count). The number of nitrogens with zero attached hydrogens (tertiary/aromatic N) is 2. The SMILES string of the molecule is Clc1cc(Cl)cc(-c2nccc(Br)n2)c1. The Bertz CT molecular complexity index is 482. The highest BCUT2D eigenvalue weighted by Gasteiger charge is 2.04. The average Bonchev–Trinajstić information content (AvgIpc) is 2.16. The van der Waals surface area contributed by atoms with E-state index in [9.17, 15) is 0 Å². The quantitative estimate of drug-likeness (QED) is 0.737. The lowest BCUT2D eigenvalue weighted by molar-refractivity contribution is 1.15. The molecule has 15 heavy (non-hydrogen) atoms. The first kappa shape index (κ1) is 10.9. The van der Waals surface area contributed by atoms with Gasteiger partial charge in [0.05, 0.1) is 0 Å². The van der Waals surface area contributed by atoms with Crippen molar-refractivity contribution in [3.8, 4) is 11.4 Å². The van der Waals surface area contributed by atoms with E-state index < -0.39 is 0 Å². The van der Waals surface area contributed by atoms with Crippen LogP contribution in [0.3, 0.4) is 0 Å². The monoisotopic (exact) mass is 302 g/mol. The largest absolute Gasteiger partial charge is 0.237 e. The highest BCUT2D eigenvalue weighted by Crippen LogP contribution is 2.25. The molecule has 0 atom stereocenters. The van der Waals surface area contributed by atoms with Gasteiger partial charge >= 0.3 is 0 Å². The predicted molar refractivity (Wildman–Crippen MR) is 65.2 cm³/mol. The van der Waals surface area contributed by atoms with Crippen LogP contribution in [-0.2, 0) is 0 Å². The van der Waals surface area contributed by atoms with Crippen LogP contribution < -0.4 is 0 Å². The number of benzene rings is 1. The second-order valence-corrected chi connectivity index (χ2v) is 4.55.